The number of carbonyl (C=O) groups excluding carboxylic acids is 1. The number of aryl methyl sites for hydroxylation is 2. The van der Waals surface area contributed by atoms with E-state index in [1.807, 2.05) is 42.5 Å². The summed E-state index contributed by atoms with van der Waals surface area (Å²) >= 11 is 0. The quantitative estimate of drug-likeness (QED) is 0.261. The lowest BCUT2D eigenvalue weighted by molar-refractivity contribution is -0.686. The van der Waals surface area contributed by atoms with Gasteiger partial charge < -0.3 is 48.2 Å². The predicted octanol–water partition coefficient (Wildman–Crippen LogP) is 0.959. The van der Waals surface area contributed by atoms with Crippen molar-refractivity contribution in [3.63, 3.8) is 0 Å². The molecule has 0 bridgehead atoms. The summed E-state index contributed by atoms with van der Waals surface area (Å²) in [6.07, 6.45) is 3.31. The number of halogens is 1. The lowest BCUT2D eigenvalue weighted by Crippen LogP contribution is -3.00. The number of nitrogens with one attached hydrogen (secondary N) is 1. The monoisotopic (exact) mass is 610 g/mol. The van der Waals surface area contributed by atoms with Crippen LogP contribution in [0.15, 0.2) is 60.8 Å². The van der Waals surface area contributed by atoms with Gasteiger partial charge in [0.15, 0.2) is 35.7 Å². The zero-order chi connectivity index (χ0) is 24.6. The van der Waals surface area contributed by atoms with E-state index in [2.05, 4.69) is 28.2 Å². The van der Waals surface area contributed by atoms with Gasteiger partial charge in [-0.05, 0) is 35.4 Å². The molecular formula is C29H27IN2O5. The van der Waals surface area contributed by atoms with Crippen molar-refractivity contribution in [1.82, 2.24) is 5.32 Å². The molecule has 0 spiro atoms. The predicted molar refractivity (Wildman–Crippen MR) is 135 cm³/mol. The number of methoxy groups -OCH3 is 2. The molecule has 0 saturated carbocycles. The maximum Gasteiger partial charge on any atom is 0.231 e. The van der Waals surface area contributed by atoms with Crippen molar-refractivity contribution in [3.8, 4) is 34.3 Å². The van der Waals surface area contributed by atoms with Crippen molar-refractivity contribution in [3.05, 3.63) is 77.5 Å². The number of aromatic nitrogens is 1. The van der Waals surface area contributed by atoms with Crippen molar-refractivity contribution in [2.24, 2.45) is 0 Å². The molecule has 0 saturated heterocycles. The van der Waals surface area contributed by atoms with Crippen LogP contribution in [0.25, 0.3) is 22.0 Å². The summed E-state index contributed by atoms with van der Waals surface area (Å²) in [4.78, 5) is 12.9. The summed E-state index contributed by atoms with van der Waals surface area (Å²) in [5, 5.41) is 5.10. The molecular weight excluding hydrogens is 583 g/mol. The van der Waals surface area contributed by atoms with E-state index in [4.69, 9.17) is 18.9 Å². The maximum absolute atomic E-state index is 12.9. The number of fused-ring (bicyclic) bond motifs is 5. The molecule has 0 aliphatic carbocycles. The number of ether oxygens (including phenoxy) is 4. The number of nitrogens with zero attached hydrogens (tertiary/aromatic N) is 1. The summed E-state index contributed by atoms with van der Waals surface area (Å²) in [6.45, 7) is 1.40. The molecule has 8 heteroatoms. The molecule has 3 aromatic carbocycles. The zero-order valence-corrected chi connectivity index (χ0v) is 22.8. The highest BCUT2D eigenvalue weighted by atomic mass is 127. The average Bonchev–Trinajstić information content (AvgIpc) is 3.37. The van der Waals surface area contributed by atoms with Crippen LogP contribution >= 0.6 is 0 Å². The van der Waals surface area contributed by atoms with Gasteiger partial charge in [-0.25, -0.2) is 0 Å². The summed E-state index contributed by atoms with van der Waals surface area (Å²) in [6, 6.07) is 17.9. The van der Waals surface area contributed by atoms with Gasteiger partial charge in [0, 0.05) is 18.4 Å². The molecule has 37 heavy (non-hydrogen) atoms. The molecule has 2 aliphatic heterocycles. The van der Waals surface area contributed by atoms with Crippen LogP contribution in [-0.2, 0) is 30.7 Å². The van der Waals surface area contributed by atoms with Crippen LogP contribution < -0.4 is 52.8 Å². The Labute approximate surface area is 232 Å². The molecule has 1 N–H and O–H groups in total. The average molecular weight is 610 g/mol. The van der Waals surface area contributed by atoms with Crippen LogP contribution in [0.1, 0.15) is 16.7 Å². The Morgan fingerprint density at radius 1 is 1.00 bits per heavy atom. The molecule has 190 valence electrons. The highest BCUT2D eigenvalue weighted by molar-refractivity contribution is 5.95. The Balaban J connectivity index is 0.00000280. The van der Waals surface area contributed by atoms with E-state index in [0.29, 0.717) is 24.5 Å². The summed E-state index contributed by atoms with van der Waals surface area (Å²) < 4.78 is 24.9. The van der Waals surface area contributed by atoms with Crippen molar-refractivity contribution in [2.75, 3.05) is 21.0 Å². The standard InChI is InChI=1S/C29H26N2O5.HI/c1-33-24-9-8-20-22(15-30-27(32)12-18-6-4-3-5-7-18)28-21-14-26-25(35-17-36-26)13-19(21)10-11-31(28)16-23(20)29(24)34-2;/h3-9,13-14,16H,10-12,15,17H2,1-2H3;1H. The molecule has 2 aliphatic rings. The Kier molecular flexibility index (Phi) is 7.10. The first-order valence-corrected chi connectivity index (χ1v) is 12.0. The second kappa shape index (κ2) is 10.5. The summed E-state index contributed by atoms with van der Waals surface area (Å²) in [7, 11) is 3.29. The number of amides is 1. The van der Waals surface area contributed by atoms with Gasteiger partial charge in [-0.2, -0.15) is 4.57 Å². The SMILES string of the molecule is COc1ccc2c(CNC(=O)Cc3ccccc3)c3[n+](cc2c1OC)CCc1cc2c(cc1-3)OCO2.[I-]. The van der Waals surface area contributed by atoms with Crippen molar-refractivity contribution >= 4 is 16.7 Å². The smallest absolute Gasteiger partial charge is 0.231 e. The van der Waals surface area contributed by atoms with Gasteiger partial charge in [-0.15, -0.1) is 0 Å². The first kappa shape index (κ1) is 25.1. The molecule has 0 fully saturated rings. The molecule has 0 atom stereocenters. The van der Waals surface area contributed by atoms with E-state index in [-0.39, 0.29) is 36.7 Å². The van der Waals surface area contributed by atoms with Gasteiger partial charge in [0.2, 0.25) is 18.4 Å². The number of carbonyl (C=O) groups is 1. The van der Waals surface area contributed by atoms with Crippen LogP contribution in [0, 0.1) is 0 Å². The molecule has 3 heterocycles. The van der Waals surface area contributed by atoms with Crippen LogP contribution in [0.2, 0.25) is 0 Å². The number of rotatable bonds is 6. The number of hydrogen-bond acceptors (Lipinski definition) is 5. The van der Waals surface area contributed by atoms with Gasteiger partial charge in [0.1, 0.15) is 0 Å². The van der Waals surface area contributed by atoms with E-state index in [0.717, 1.165) is 57.6 Å². The van der Waals surface area contributed by atoms with Gasteiger partial charge in [-0.3, -0.25) is 4.79 Å². The minimum atomic E-state index is -0.0286. The third kappa shape index (κ3) is 4.54. The normalized spacial score (nSPS) is 12.8. The van der Waals surface area contributed by atoms with E-state index < -0.39 is 0 Å². The van der Waals surface area contributed by atoms with E-state index in [1.165, 1.54) is 5.56 Å². The third-order valence-corrected chi connectivity index (χ3v) is 6.91. The fourth-order valence-corrected chi connectivity index (χ4v) is 5.22. The molecule has 0 radical (unpaired) electrons. The second-order valence-corrected chi connectivity index (χ2v) is 8.96. The van der Waals surface area contributed by atoms with Crippen molar-refractivity contribution in [1.29, 1.82) is 0 Å². The van der Waals surface area contributed by atoms with Gasteiger partial charge in [-0.1, -0.05) is 30.3 Å². The fourth-order valence-electron chi connectivity index (χ4n) is 5.22. The molecule has 1 amide bonds. The molecule has 1 aromatic heterocycles. The highest BCUT2D eigenvalue weighted by Crippen LogP contribution is 2.43. The number of pyridine rings is 1. The lowest BCUT2D eigenvalue weighted by Gasteiger charge is -2.21. The lowest BCUT2D eigenvalue weighted by atomic mass is 9.91. The highest BCUT2D eigenvalue weighted by Gasteiger charge is 2.32. The zero-order valence-electron chi connectivity index (χ0n) is 20.7. The minimum Gasteiger partial charge on any atom is -1.00 e. The molecule has 4 aromatic rings. The van der Waals surface area contributed by atoms with Crippen molar-refractivity contribution in [2.45, 2.75) is 25.9 Å². The topological polar surface area (TPSA) is 69.9 Å². The Morgan fingerprint density at radius 3 is 2.54 bits per heavy atom. The minimum absolute atomic E-state index is 0. The number of hydrogen-bond donors (Lipinski definition) is 1. The molecule has 6 rings (SSSR count). The van der Waals surface area contributed by atoms with Crippen LogP contribution in [0.5, 0.6) is 23.0 Å². The Morgan fingerprint density at radius 2 is 1.78 bits per heavy atom. The largest absolute Gasteiger partial charge is 1.00 e. The van der Waals surface area contributed by atoms with Crippen LogP contribution in [-0.4, -0.2) is 26.9 Å². The van der Waals surface area contributed by atoms with Gasteiger partial charge in [0.05, 0.1) is 37.2 Å². The summed E-state index contributed by atoms with van der Waals surface area (Å²) in [5.74, 6) is 2.85. The van der Waals surface area contributed by atoms with E-state index in [1.54, 1.807) is 14.2 Å². The first-order valence-electron chi connectivity index (χ1n) is 12.0. The molecule has 0 unspecified atom stereocenters. The Bertz CT molecular complexity index is 1490. The molecule has 7 nitrogen and oxygen atoms in total. The summed E-state index contributed by atoms with van der Waals surface area (Å²) in [5.41, 5.74) is 5.36. The van der Waals surface area contributed by atoms with E-state index in [9.17, 15) is 4.79 Å². The maximum atomic E-state index is 12.9. The van der Waals surface area contributed by atoms with E-state index >= 15 is 0 Å². The Hall–Kier alpha value is -3.53. The third-order valence-electron chi connectivity index (χ3n) is 6.91. The number of benzene rings is 3. The van der Waals surface area contributed by atoms with Gasteiger partial charge in [0.25, 0.3) is 0 Å². The van der Waals surface area contributed by atoms with Crippen molar-refractivity contribution < 1.29 is 52.3 Å². The fraction of sp³-hybridized carbons (Fsp3) is 0.241. The first-order chi connectivity index (χ1) is 17.7. The van der Waals surface area contributed by atoms with Crippen LogP contribution in [0.3, 0.4) is 0 Å². The van der Waals surface area contributed by atoms with Crippen LogP contribution in [0.4, 0.5) is 0 Å². The second-order valence-electron chi connectivity index (χ2n) is 8.96. The van der Waals surface area contributed by atoms with Gasteiger partial charge >= 0.3 is 0 Å².